The number of para-hydroxylation sites is 2. The maximum atomic E-state index is 12.2. The summed E-state index contributed by atoms with van der Waals surface area (Å²) in [5.74, 6) is 0. The van der Waals surface area contributed by atoms with Gasteiger partial charge >= 0.3 is 6.03 Å². The molecule has 23 heavy (non-hydrogen) atoms. The van der Waals surface area contributed by atoms with Crippen molar-refractivity contribution in [2.75, 3.05) is 5.32 Å². The summed E-state index contributed by atoms with van der Waals surface area (Å²) in [4.78, 5) is 22.7. The number of fused-ring (bicyclic) bond motifs is 1. The van der Waals surface area contributed by atoms with Crippen molar-refractivity contribution >= 4 is 17.4 Å². The van der Waals surface area contributed by atoms with E-state index < -0.39 is 11.0 Å². The third kappa shape index (κ3) is 3.01. The largest absolute Gasteiger partial charge is 0.331 e. The molecular formula is C15H17N5O3. The van der Waals surface area contributed by atoms with Crippen LogP contribution >= 0.6 is 0 Å². The first kappa shape index (κ1) is 15.0. The van der Waals surface area contributed by atoms with Crippen LogP contribution in [0.15, 0.2) is 30.5 Å². The van der Waals surface area contributed by atoms with Crippen LogP contribution in [-0.4, -0.2) is 20.7 Å². The SMILES string of the molecule is Cn1ncc2c1CCCC2NC(=O)Nc1ccccc1[N+](=O)[O-]. The zero-order valence-corrected chi connectivity index (χ0v) is 12.7. The van der Waals surface area contributed by atoms with E-state index in [4.69, 9.17) is 0 Å². The summed E-state index contributed by atoms with van der Waals surface area (Å²) in [5, 5.41) is 20.7. The van der Waals surface area contributed by atoms with E-state index in [-0.39, 0.29) is 17.4 Å². The van der Waals surface area contributed by atoms with Crippen LogP contribution in [0.25, 0.3) is 0 Å². The van der Waals surface area contributed by atoms with Crippen LogP contribution in [0, 0.1) is 10.1 Å². The molecule has 8 heteroatoms. The Bertz CT molecular complexity index is 755. The highest BCUT2D eigenvalue weighted by molar-refractivity contribution is 5.92. The Labute approximate surface area is 132 Å². The van der Waals surface area contributed by atoms with Gasteiger partial charge in [0.2, 0.25) is 0 Å². The minimum atomic E-state index is -0.518. The van der Waals surface area contributed by atoms with Gasteiger partial charge in [-0.2, -0.15) is 5.10 Å². The number of hydrogen-bond acceptors (Lipinski definition) is 4. The lowest BCUT2D eigenvalue weighted by molar-refractivity contribution is -0.383. The molecule has 1 heterocycles. The number of nitrogens with zero attached hydrogens (tertiary/aromatic N) is 3. The molecule has 0 aliphatic heterocycles. The fraction of sp³-hybridized carbons (Fsp3) is 0.333. The quantitative estimate of drug-likeness (QED) is 0.671. The Balaban J connectivity index is 1.73. The fourth-order valence-corrected chi connectivity index (χ4v) is 2.91. The standard InChI is InChI=1S/C15H17N5O3/c1-19-13-8-4-6-11(10(13)9-16-19)17-15(21)18-12-5-2-3-7-14(12)20(22)23/h2-3,5,7,9,11H,4,6,8H2,1H3,(H2,17,18,21). The highest BCUT2D eigenvalue weighted by Crippen LogP contribution is 2.29. The Morgan fingerprint density at radius 3 is 3.00 bits per heavy atom. The van der Waals surface area contributed by atoms with Crippen LogP contribution in [0.3, 0.4) is 0 Å². The van der Waals surface area contributed by atoms with E-state index in [2.05, 4.69) is 15.7 Å². The van der Waals surface area contributed by atoms with Gasteiger partial charge in [0.05, 0.1) is 17.2 Å². The molecule has 120 valence electrons. The van der Waals surface area contributed by atoms with E-state index in [0.717, 1.165) is 30.5 Å². The molecule has 2 amide bonds. The molecule has 2 aromatic rings. The summed E-state index contributed by atoms with van der Waals surface area (Å²) in [6.07, 6.45) is 4.49. The number of urea groups is 1. The fourth-order valence-electron chi connectivity index (χ4n) is 2.91. The Hall–Kier alpha value is -2.90. The summed E-state index contributed by atoms with van der Waals surface area (Å²) in [5.41, 5.74) is 2.18. The van der Waals surface area contributed by atoms with Gasteiger partial charge in [0.1, 0.15) is 5.69 Å². The molecule has 0 saturated carbocycles. The van der Waals surface area contributed by atoms with E-state index >= 15 is 0 Å². The minimum Gasteiger partial charge on any atom is -0.331 e. The van der Waals surface area contributed by atoms with Crippen molar-refractivity contribution in [2.24, 2.45) is 7.05 Å². The number of hydrogen-bond donors (Lipinski definition) is 2. The van der Waals surface area contributed by atoms with Crippen LogP contribution in [0.2, 0.25) is 0 Å². The molecule has 0 spiro atoms. The monoisotopic (exact) mass is 315 g/mol. The molecule has 1 aromatic carbocycles. The zero-order chi connectivity index (χ0) is 16.4. The third-order valence-electron chi connectivity index (χ3n) is 4.03. The van der Waals surface area contributed by atoms with E-state index in [0.29, 0.717) is 0 Å². The Morgan fingerprint density at radius 1 is 1.43 bits per heavy atom. The zero-order valence-electron chi connectivity index (χ0n) is 12.7. The molecule has 0 fully saturated rings. The molecule has 1 unspecified atom stereocenters. The number of anilines is 1. The molecule has 1 aliphatic rings. The van der Waals surface area contributed by atoms with Gasteiger partial charge in [-0.05, 0) is 25.3 Å². The van der Waals surface area contributed by atoms with Crippen LogP contribution in [0.4, 0.5) is 16.2 Å². The lowest BCUT2D eigenvalue weighted by Gasteiger charge is -2.23. The highest BCUT2D eigenvalue weighted by Gasteiger charge is 2.25. The number of nitro groups is 1. The lowest BCUT2D eigenvalue weighted by atomic mass is 9.93. The second-order valence-corrected chi connectivity index (χ2v) is 5.49. The van der Waals surface area contributed by atoms with Gasteiger partial charge in [-0.1, -0.05) is 12.1 Å². The third-order valence-corrected chi connectivity index (χ3v) is 4.03. The summed E-state index contributed by atoms with van der Waals surface area (Å²) in [7, 11) is 1.88. The minimum absolute atomic E-state index is 0.129. The first-order valence-corrected chi connectivity index (χ1v) is 7.38. The molecule has 3 rings (SSSR count). The maximum absolute atomic E-state index is 12.2. The highest BCUT2D eigenvalue weighted by atomic mass is 16.6. The van der Waals surface area contributed by atoms with Gasteiger partial charge < -0.3 is 10.6 Å². The van der Waals surface area contributed by atoms with Crippen molar-refractivity contribution in [1.29, 1.82) is 0 Å². The van der Waals surface area contributed by atoms with Gasteiger partial charge in [-0.15, -0.1) is 0 Å². The predicted octanol–water partition coefficient (Wildman–Crippen LogP) is 2.53. The van der Waals surface area contributed by atoms with Crippen LogP contribution in [0.1, 0.15) is 30.1 Å². The first-order chi connectivity index (χ1) is 11.1. The second-order valence-electron chi connectivity index (χ2n) is 5.49. The van der Waals surface area contributed by atoms with Crippen molar-refractivity contribution in [3.05, 3.63) is 51.8 Å². The number of carbonyl (C=O) groups is 1. The average Bonchev–Trinajstić information content (AvgIpc) is 2.90. The Kier molecular flexibility index (Phi) is 3.96. The molecule has 0 saturated heterocycles. The molecule has 1 aliphatic carbocycles. The van der Waals surface area contributed by atoms with E-state index in [9.17, 15) is 14.9 Å². The summed E-state index contributed by atoms with van der Waals surface area (Å²) >= 11 is 0. The molecule has 0 radical (unpaired) electrons. The first-order valence-electron chi connectivity index (χ1n) is 7.38. The summed E-state index contributed by atoms with van der Waals surface area (Å²) < 4.78 is 1.82. The average molecular weight is 315 g/mol. The summed E-state index contributed by atoms with van der Waals surface area (Å²) in [6, 6.07) is 5.48. The molecule has 0 bridgehead atoms. The van der Waals surface area contributed by atoms with Gasteiger partial charge in [0.25, 0.3) is 5.69 Å². The second kappa shape index (κ2) is 6.07. The smallest absolute Gasteiger partial charge is 0.319 e. The van der Waals surface area contributed by atoms with E-state index in [1.165, 1.54) is 12.1 Å². The van der Waals surface area contributed by atoms with Crippen molar-refractivity contribution < 1.29 is 9.72 Å². The number of nitro benzene ring substituents is 1. The van der Waals surface area contributed by atoms with Crippen molar-refractivity contribution in [3.8, 4) is 0 Å². The number of aromatic nitrogens is 2. The normalized spacial score (nSPS) is 16.5. The van der Waals surface area contributed by atoms with Crippen LogP contribution < -0.4 is 10.6 Å². The number of rotatable bonds is 3. The molecule has 2 N–H and O–H groups in total. The molecular weight excluding hydrogens is 298 g/mol. The number of aryl methyl sites for hydroxylation is 1. The number of carbonyl (C=O) groups excluding carboxylic acids is 1. The van der Waals surface area contributed by atoms with Gasteiger partial charge in [0, 0.05) is 24.4 Å². The number of nitrogens with one attached hydrogen (secondary N) is 2. The topological polar surface area (TPSA) is 102 Å². The van der Waals surface area contributed by atoms with Crippen molar-refractivity contribution in [3.63, 3.8) is 0 Å². The van der Waals surface area contributed by atoms with Gasteiger partial charge in [-0.3, -0.25) is 14.8 Å². The van der Waals surface area contributed by atoms with Crippen molar-refractivity contribution in [1.82, 2.24) is 15.1 Å². The molecule has 1 aromatic heterocycles. The lowest BCUT2D eigenvalue weighted by Crippen LogP contribution is -2.34. The van der Waals surface area contributed by atoms with Crippen LogP contribution in [0.5, 0.6) is 0 Å². The molecule has 8 nitrogen and oxygen atoms in total. The molecule has 1 atom stereocenters. The van der Waals surface area contributed by atoms with E-state index in [1.54, 1.807) is 18.3 Å². The van der Waals surface area contributed by atoms with Crippen LogP contribution in [-0.2, 0) is 13.5 Å². The van der Waals surface area contributed by atoms with Crippen molar-refractivity contribution in [2.45, 2.75) is 25.3 Å². The van der Waals surface area contributed by atoms with E-state index in [1.807, 2.05) is 11.7 Å². The number of amides is 2. The van der Waals surface area contributed by atoms with Gasteiger partial charge in [0.15, 0.2) is 0 Å². The Morgan fingerprint density at radius 2 is 2.22 bits per heavy atom. The van der Waals surface area contributed by atoms with Gasteiger partial charge in [-0.25, -0.2) is 4.79 Å². The summed E-state index contributed by atoms with van der Waals surface area (Å²) in [6.45, 7) is 0. The number of benzene rings is 1. The predicted molar refractivity (Wildman–Crippen MR) is 84.1 cm³/mol. The maximum Gasteiger partial charge on any atom is 0.319 e.